The average molecular weight is 249 g/mol. The van der Waals surface area contributed by atoms with Gasteiger partial charge in [0.2, 0.25) is 0 Å². The number of aryl methyl sites for hydroxylation is 1. The highest BCUT2D eigenvalue weighted by atomic mass is 32.1. The van der Waals surface area contributed by atoms with E-state index in [2.05, 4.69) is 16.9 Å². The van der Waals surface area contributed by atoms with Gasteiger partial charge in [0.1, 0.15) is 0 Å². The maximum atomic E-state index is 5.61. The SMILES string of the molecule is CCC(CCN)CCc1nc2cnccc2s1. The maximum absolute atomic E-state index is 5.61. The van der Waals surface area contributed by atoms with Crippen molar-refractivity contribution in [3.63, 3.8) is 0 Å². The zero-order valence-electron chi connectivity index (χ0n) is 10.2. The number of nitrogens with two attached hydrogens (primary N) is 1. The molecule has 4 heteroatoms. The van der Waals surface area contributed by atoms with Gasteiger partial charge in [-0.05, 0) is 37.8 Å². The predicted molar refractivity (Wildman–Crippen MR) is 73.2 cm³/mol. The van der Waals surface area contributed by atoms with Crippen LogP contribution in [0.2, 0.25) is 0 Å². The second kappa shape index (κ2) is 6.07. The summed E-state index contributed by atoms with van der Waals surface area (Å²) >= 11 is 1.79. The van der Waals surface area contributed by atoms with Gasteiger partial charge in [0.15, 0.2) is 0 Å². The number of nitrogens with zero attached hydrogens (tertiary/aromatic N) is 2. The number of hydrogen-bond acceptors (Lipinski definition) is 4. The zero-order valence-corrected chi connectivity index (χ0v) is 11.0. The standard InChI is InChI=1S/C13H19N3S/c1-2-10(5-7-14)3-4-13-16-11-9-15-8-6-12(11)17-13/h6,8-10H,2-5,7,14H2,1H3. The molecule has 1 unspecified atom stereocenters. The molecule has 0 aliphatic carbocycles. The maximum Gasteiger partial charge on any atom is 0.0998 e. The van der Waals surface area contributed by atoms with Gasteiger partial charge in [0.25, 0.3) is 0 Å². The fourth-order valence-corrected chi connectivity index (χ4v) is 3.00. The van der Waals surface area contributed by atoms with Crippen LogP contribution in [0.1, 0.15) is 31.2 Å². The molecule has 2 rings (SSSR count). The first-order chi connectivity index (χ1) is 8.33. The summed E-state index contributed by atoms with van der Waals surface area (Å²) in [6.45, 7) is 3.03. The summed E-state index contributed by atoms with van der Waals surface area (Å²) in [7, 11) is 0. The van der Waals surface area contributed by atoms with Crippen molar-refractivity contribution in [2.45, 2.75) is 32.6 Å². The fourth-order valence-electron chi connectivity index (χ4n) is 2.05. The Kier molecular flexibility index (Phi) is 4.45. The van der Waals surface area contributed by atoms with Crippen LogP contribution in [0.15, 0.2) is 18.5 Å². The summed E-state index contributed by atoms with van der Waals surface area (Å²) in [5.74, 6) is 0.741. The van der Waals surface area contributed by atoms with Crippen LogP contribution in [0, 0.1) is 5.92 Å². The second-order valence-corrected chi connectivity index (χ2v) is 5.46. The van der Waals surface area contributed by atoms with E-state index in [1.165, 1.54) is 22.5 Å². The van der Waals surface area contributed by atoms with Gasteiger partial charge in [-0.25, -0.2) is 4.98 Å². The monoisotopic (exact) mass is 249 g/mol. The van der Waals surface area contributed by atoms with Crippen molar-refractivity contribution in [3.8, 4) is 0 Å². The van der Waals surface area contributed by atoms with E-state index in [4.69, 9.17) is 5.73 Å². The summed E-state index contributed by atoms with van der Waals surface area (Å²) in [4.78, 5) is 8.70. The second-order valence-electron chi connectivity index (χ2n) is 4.34. The number of hydrogen-bond donors (Lipinski definition) is 1. The Bertz CT molecular complexity index is 433. The molecular formula is C13H19N3S. The Labute approximate surface area is 106 Å². The van der Waals surface area contributed by atoms with E-state index >= 15 is 0 Å². The highest BCUT2D eigenvalue weighted by Crippen LogP contribution is 2.24. The largest absolute Gasteiger partial charge is 0.330 e. The Hall–Kier alpha value is -1.00. The van der Waals surface area contributed by atoms with Crippen LogP contribution in [0.5, 0.6) is 0 Å². The first-order valence-electron chi connectivity index (χ1n) is 6.23. The molecule has 1 atom stereocenters. The minimum atomic E-state index is 0.741. The lowest BCUT2D eigenvalue weighted by atomic mass is 9.97. The number of fused-ring (bicyclic) bond motifs is 1. The zero-order chi connectivity index (χ0) is 12.1. The number of pyridine rings is 1. The molecule has 0 amide bonds. The van der Waals surface area contributed by atoms with Crippen molar-refractivity contribution < 1.29 is 0 Å². The van der Waals surface area contributed by atoms with Gasteiger partial charge in [0, 0.05) is 6.20 Å². The predicted octanol–water partition coefficient (Wildman–Crippen LogP) is 3.00. The average Bonchev–Trinajstić information content (AvgIpc) is 2.77. The third-order valence-electron chi connectivity index (χ3n) is 3.15. The lowest BCUT2D eigenvalue weighted by Crippen LogP contribution is -2.08. The molecule has 0 aliphatic heterocycles. The molecule has 2 aromatic rings. The molecule has 0 aromatic carbocycles. The van der Waals surface area contributed by atoms with Crippen LogP contribution < -0.4 is 5.73 Å². The molecule has 0 aliphatic rings. The van der Waals surface area contributed by atoms with Crippen molar-refractivity contribution in [3.05, 3.63) is 23.5 Å². The summed E-state index contributed by atoms with van der Waals surface area (Å²) in [5, 5.41) is 1.23. The third kappa shape index (κ3) is 3.23. The molecule has 0 saturated carbocycles. The van der Waals surface area contributed by atoms with E-state index < -0.39 is 0 Å². The minimum absolute atomic E-state index is 0.741. The molecule has 0 saturated heterocycles. The van der Waals surface area contributed by atoms with Gasteiger partial charge in [-0.1, -0.05) is 13.3 Å². The Balaban J connectivity index is 1.98. The lowest BCUT2D eigenvalue weighted by molar-refractivity contribution is 0.443. The van der Waals surface area contributed by atoms with Crippen molar-refractivity contribution in [2.75, 3.05) is 6.54 Å². The highest BCUT2D eigenvalue weighted by Gasteiger charge is 2.08. The van der Waals surface area contributed by atoms with Gasteiger partial charge in [-0.2, -0.15) is 0 Å². The van der Waals surface area contributed by atoms with Crippen molar-refractivity contribution in [1.29, 1.82) is 0 Å². The molecule has 2 aromatic heterocycles. The van der Waals surface area contributed by atoms with Crippen LogP contribution in [0.3, 0.4) is 0 Å². The summed E-state index contributed by atoms with van der Waals surface area (Å²) < 4.78 is 1.24. The summed E-state index contributed by atoms with van der Waals surface area (Å²) in [6, 6.07) is 2.04. The van der Waals surface area contributed by atoms with Crippen LogP contribution in [0.4, 0.5) is 0 Å². The van der Waals surface area contributed by atoms with E-state index in [1.54, 1.807) is 11.3 Å². The number of thiazole rings is 1. The number of aromatic nitrogens is 2. The molecule has 0 radical (unpaired) electrons. The Morgan fingerprint density at radius 3 is 3.00 bits per heavy atom. The van der Waals surface area contributed by atoms with E-state index in [1.807, 2.05) is 18.5 Å². The van der Waals surface area contributed by atoms with E-state index in [-0.39, 0.29) is 0 Å². The molecule has 0 bridgehead atoms. The number of rotatable bonds is 6. The highest BCUT2D eigenvalue weighted by molar-refractivity contribution is 7.18. The van der Waals surface area contributed by atoms with Gasteiger partial charge >= 0.3 is 0 Å². The van der Waals surface area contributed by atoms with Crippen molar-refractivity contribution in [2.24, 2.45) is 11.7 Å². The normalized spacial score (nSPS) is 13.1. The first-order valence-corrected chi connectivity index (χ1v) is 7.04. The molecule has 17 heavy (non-hydrogen) atoms. The van der Waals surface area contributed by atoms with Gasteiger partial charge in [0.05, 0.1) is 21.4 Å². The van der Waals surface area contributed by atoms with Gasteiger partial charge in [-0.3, -0.25) is 4.98 Å². The van der Waals surface area contributed by atoms with Crippen molar-refractivity contribution in [1.82, 2.24) is 9.97 Å². The molecule has 0 fully saturated rings. The van der Waals surface area contributed by atoms with Gasteiger partial charge < -0.3 is 5.73 Å². The molecule has 0 spiro atoms. The molecule has 3 nitrogen and oxygen atoms in total. The summed E-state index contributed by atoms with van der Waals surface area (Å²) in [6.07, 6.45) is 8.27. The summed E-state index contributed by atoms with van der Waals surface area (Å²) in [5.41, 5.74) is 6.64. The van der Waals surface area contributed by atoms with Crippen LogP contribution in [-0.2, 0) is 6.42 Å². The van der Waals surface area contributed by atoms with Crippen molar-refractivity contribution >= 4 is 21.6 Å². The first kappa shape index (κ1) is 12.5. The van der Waals surface area contributed by atoms with Crippen LogP contribution in [-0.4, -0.2) is 16.5 Å². The fraction of sp³-hybridized carbons (Fsp3) is 0.538. The molecule has 2 N–H and O–H groups in total. The third-order valence-corrected chi connectivity index (χ3v) is 4.25. The minimum Gasteiger partial charge on any atom is -0.330 e. The molecule has 2 heterocycles. The topological polar surface area (TPSA) is 51.8 Å². The lowest BCUT2D eigenvalue weighted by Gasteiger charge is -2.11. The van der Waals surface area contributed by atoms with E-state index in [9.17, 15) is 0 Å². The molecular weight excluding hydrogens is 230 g/mol. The Morgan fingerprint density at radius 2 is 2.29 bits per heavy atom. The van der Waals surface area contributed by atoms with Gasteiger partial charge in [-0.15, -0.1) is 11.3 Å². The van der Waals surface area contributed by atoms with Crippen LogP contribution in [0.25, 0.3) is 10.2 Å². The Morgan fingerprint density at radius 1 is 1.41 bits per heavy atom. The molecule has 92 valence electrons. The quantitative estimate of drug-likeness (QED) is 0.856. The van der Waals surface area contributed by atoms with E-state index in [0.29, 0.717) is 0 Å². The van der Waals surface area contributed by atoms with Crippen LogP contribution >= 0.6 is 11.3 Å². The van der Waals surface area contributed by atoms with E-state index in [0.717, 1.165) is 30.8 Å². The smallest absolute Gasteiger partial charge is 0.0998 e.